The molecule has 0 saturated heterocycles. The van der Waals surface area contributed by atoms with Gasteiger partial charge in [-0.1, -0.05) is 330 Å². The maximum absolute atomic E-state index is 13.0. The highest BCUT2D eigenvalue weighted by Gasteiger charge is 2.19. The van der Waals surface area contributed by atoms with Crippen molar-refractivity contribution in [3.63, 3.8) is 0 Å². The zero-order valence-electron chi connectivity index (χ0n) is 54.9. The van der Waals surface area contributed by atoms with Crippen molar-refractivity contribution >= 4 is 17.9 Å². The molecular weight excluding hydrogens is 1020 g/mol. The standard InChI is InChI=1S/C77H134O6/c1-4-7-10-13-16-19-22-25-28-30-32-34-36-38-39-40-42-43-45-47-49-52-55-58-61-64-67-70-76(79)82-73-74(72-81-75(78)69-66-63-60-57-54-51-27-24-21-18-15-12-9-6-3)83-77(80)71-68-65-62-59-56-53-50-48-46-44-41-37-35-33-31-29-26-23-20-17-14-11-8-5-2/h7,10,16,19,24-25,27-28,32,34,38-39,42-43,47,49,74H,4-6,8-9,11-15,17-18,20-23,26,29-31,33,35-37,40-41,44-46,48,50-73H2,1-3H3/b10-7-,19-16-,27-24-,28-25-,34-32-,39-38-,43-42-,49-47-. The highest BCUT2D eigenvalue weighted by molar-refractivity contribution is 5.71. The van der Waals surface area contributed by atoms with Crippen molar-refractivity contribution in [1.29, 1.82) is 0 Å². The van der Waals surface area contributed by atoms with Gasteiger partial charge in [-0.2, -0.15) is 0 Å². The topological polar surface area (TPSA) is 78.9 Å². The lowest BCUT2D eigenvalue weighted by atomic mass is 10.0. The van der Waals surface area contributed by atoms with Crippen molar-refractivity contribution in [3.05, 3.63) is 97.2 Å². The molecule has 0 rings (SSSR count). The minimum absolute atomic E-state index is 0.0852. The molecule has 0 aliphatic heterocycles. The van der Waals surface area contributed by atoms with Crippen molar-refractivity contribution in [2.24, 2.45) is 0 Å². The average molecular weight is 1160 g/mol. The highest BCUT2D eigenvalue weighted by Crippen LogP contribution is 2.18. The van der Waals surface area contributed by atoms with E-state index in [1.807, 2.05) is 0 Å². The molecule has 0 aliphatic carbocycles. The number of hydrogen-bond donors (Lipinski definition) is 0. The summed E-state index contributed by atoms with van der Waals surface area (Å²) in [6.45, 7) is 6.54. The molecule has 0 spiro atoms. The molecule has 0 radical (unpaired) electrons. The third kappa shape index (κ3) is 69.0. The molecule has 0 aromatic carbocycles. The zero-order valence-corrected chi connectivity index (χ0v) is 54.9. The lowest BCUT2D eigenvalue weighted by Crippen LogP contribution is -2.30. The van der Waals surface area contributed by atoms with E-state index in [-0.39, 0.29) is 31.1 Å². The van der Waals surface area contributed by atoms with E-state index in [1.165, 1.54) is 186 Å². The van der Waals surface area contributed by atoms with Gasteiger partial charge in [-0.15, -0.1) is 0 Å². The number of allylic oxidation sites excluding steroid dienone is 16. The van der Waals surface area contributed by atoms with E-state index < -0.39 is 6.10 Å². The van der Waals surface area contributed by atoms with Crippen LogP contribution in [-0.4, -0.2) is 37.2 Å². The monoisotopic (exact) mass is 1160 g/mol. The van der Waals surface area contributed by atoms with Crippen LogP contribution in [0.3, 0.4) is 0 Å². The SMILES string of the molecule is CC/C=C\C/C=C\C/C=C\C/C=C\C/C=C\C/C=C\C/C=C\CCCCCCCC(=O)OCC(COC(=O)CCCCCCC/C=C\CCCCCCC)OC(=O)CCCCCCCCCCCCCCCCCCCCCCCCCC. The molecule has 0 aliphatic rings. The van der Waals surface area contributed by atoms with Crippen LogP contribution in [0.25, 0.3) is 0 Å². The molecule has 478 valence electrons. The van der Waals surface area contributed by atoms with Gasteiger partial charge in [0.05, 0.1) is 0 Å². The Morgan fingerprint density at radius 2 is 0.470 bits per heavy atom. The van der Waals surface area contributed by atoms with E-state index in [0.29, 0.717) is 19.3 Å². The summed E-state index contributed by atoms with van der Waals surface area (Å²) in [5.41, 5.74) is 0. The maximum Gasteiger partial charge on any atom is 0.306 e. The molecule has 0 aromatic rings. The summed E-state index contributed by atoms with van der Waals surface area (Å²) in [4.78, 5) is 38.5. The van der Waals surface area contributed by atoms with Gasteiger partial charge in [0.1, 0.15) is 13.2 Å². The normalized spacial score (nSPS) is 12.7. The summed E-state index contributed by atoms with van der Waals surface area (Å²) in [5, 5.41) is 0. The van der Waals surface area contributed by atoms with Gasteiger partial charge in [-0.05, 0) is 103 Å². The predicted octanol–water partition coefficient (Wildman–Crippen LogP) is 24.8. The summed E-state index contributed by atoms with van der Waals surface area (Å²) in [6, 6.07) is 0. The molecule has 1 atom stereocenters. The van der Waals surface area contributed by atoms with E-state index in [1.54, 1.807) is 0 Å². The molecule has 83 heavy (non-hydrogen) atoms. The molecule has 6 nitrogen and oxygen atoms in total. The maximum atomic E-state index is 13.0. The summed E-state index contributed by atoms with van der Waals surface area (Å²) >= 11 is 0. The summed E-state index contributed by atoms with van der Waals surface area (Å²) < 4.78 is 17.0. The quantitative estimate of drug-likeness (QED) is 0.0261. The number of unbranched alkanes of at least 4 members (excludes halogenated alkanes) is 38. The first kappa shape index (κ1) is 79.3. The van der Waals surface area contributed by atoms with Gasteiger partial charge in [-0.25, -0.2) is 0 Å². The molecule has 0 bridgehead atoms. The second-order valence-corrected chi connectivity index (χ2v) is 23.8. The Morgan fingerprint density at radius 3 is 0.747 bits per heavy atom. The fourth-order valence-electron chi connectivity index (χ4n) is 10.2. The average Bonchev–Trinajstić information content (AvgIpc) is 3.50. The minimum atomic E-state index is -0.790. The molecular formula is C77H134O6. The van der Waals surface area contributed by atoms with Crippen LogP contribution in [0.5, 0.6) is 0 Å². The van der Waals surface area contributed by atoms with E-state index in [9.17, 15) is 14.4 Å². The number of hydrogen-bond acceptors (Lipinski definition) is 6. The Labute approximate surface area is 515 Å². The Morgan fingerprint density at radius 1 is 0.253 bits per heavy atom. The first-order valence-electron chi connectivity index (χ1n) is 35.7. The van der Waals surface area contributed by atoms with E-state index >= 15 is 0 Å². The number of esters is 3. The van der Waals surface area contributed by atoms with Gasteiger partial charge in [0, 0.05) is 19.3 Å². The van der Waals surface area contributed by atoms with Gasteiger partial charge < -0.3 is 14.2 Å². The van der Waals surface area contributed by atoms with Crippen LogP contribution in [0.2, 0.25) is 0 Å². The lowest BCUT2D eigenvalue weighted by Gasteiger charge is -2.18. The molecule has 0 saturated carbocycles. The number of rotatable bonds is 65. The molecule has 0 fully saturated rings. The third-order valence-electron chi connectivity index (χ3n) is 15.6. The van der Waals surface area contributed by atoms with Gasteiger partial charge in [0.15, 0.2) is 6.10 Å². The Hall–Kier alpha value is -3.67. The highest BCUT2D eigenvalue weighted by atomic mass is 16.6. The third-order valence-corrected chi connectivity index (χ3v) is 15.6. The summed E-state index contributed by atoms with van der Waals surface area (Å²) in [7, 11) is 0. The minimum Gasteiger partial charge on any atom is -0.462 e. The van der Waals surface area contributed by atoms with Crippen molar-refractivity contribution in [2.75, 3.05) is 13.2 Å². The number of ether oxygens (including phenoxy) is 3. The van der Waals surface area contributed by atoms with Crippen LogP contribution in [0.4, 0.5) is 0 Å². The van der Waals surface area contributed by atoms with E-state index in [0.717, 1.165) is 128 Å². The smallest absolute Gasteiger partial charge is 0.306 e. The van der Waals surface area contributed by atoms with E-state index in [4.69, 9.17) is 14.2 Å². The van der Waals surface area contributed by atoms with Crippen LogP contribution < -0.4 is 0 Å². The molecule has 6 heteroatoms. The fourth-order valence-corrected chi connectivity index (χ4v) is 10.2. The molecule has 0 heterocycles. The van der Waals surface area contributed by atoms with Crippen molar-refractivity contribution in [1.82, 2.24) is 0 Å². The second kappa shape index (κ2) is 70.8. The summed E-state index contributed by atoms with van der Waals surface area (Å²) in [6.07, 6.45) is 95.8. The zero-order chi connectivity index (χ0) is 59.9. The van der Waals surface area contributed by atoms with Crippen LogP contribution in [0.1, 0.15) is 355 Å². The fraction of sp³-hybridized carbons (Fsp3) is 0.753. The van der Waals surface area contributed by atoms with Crippen molar-refractivity contribution < 1.29 is 28.6 Å². The number of carbonyl (C=O) groups excluding carboxylic acids is 3. The molecule has 0 aromatic heterocycles. The first-order valence-corrected chi connectivity index (χ1v) is 35.7. The van der Waals surface area contributed by atoms with Crippen LogP contribution in [-0.2, 0) is 28.6 Å². The van der Waals surface area contributed by atoms with Gasteiger partial charge >= 0.3 is 17.9 Å². The predicted molar refractivity (Wildman–Crippen MR) is 362 cm³/mol. The lowest BCUT2D eigenvalue weighted by molar-refractivity contribution is -0.167. The van der Waals surface area contributed by atoms with Gasteiger partial charge in [-0.3, -0.25) is 14.4 Å². The molecule has 1 unspecified atom stereocenters. The molecule has 0 N–H and O–H groups in total. The van der Waals surface area contributed by atoms with Gasteiger partial charge in [0.25, 0.3) is 0 Å². The number of carbonyl (C=O) groups is 3. The van der Waals surface area contributed by atoms with Crippen LogP contribution in [0, 0.1) is 0 Å². The Balaban J connectivity index is 4.34. The van der Waals surface area contributed by atoms with Crippen LogP contribution in [0.15, 0.2) is 97.2 Å². The second-order valence-electron chi connectivity index (χ2n) is 23.8. The van der Waals surface area contributed by atoms with Crippen LogP contribution >= 0.6 is 0 Å². The van der Waals surface area contributed by atoms with Crippen molar-refractivity contribution in [2.45, 2.75) is 361 Å². The Bertz CT molecular complexity index is 1610. The van der Waals surface area contributed by atoms with Crippen molar-refractivity contribution in [3.8, 4) is 0 Å². The molecule has 0 amide bonds. The Kier molecular flexibility index (Phi) is 67.7. The first-order chi connectivity index (χ1) is 41.0. The summed E-state index contributed by atoms with van der Waals surface area (Å²) in [5.74, 6) is -0.895. The van der Waals surface area contributed by atoms with E-state index in [2.05, 4.69) is 118 Å². The van der Waals surface area contributed by atoms with Gasteiger partial charge in [0.2, 0.25) is 0 Å². The largest absolute Gasteiger partial charge is 0.462 e.